The maximum Gasteiger partial charge on any atom is 0.106 e. The number of nitrogens with two attached hydrogens (primary N) is 1. The van der Waals surface area contributed by atoms with Crippen molar-refractivity contribution in [3.63, 3.8) is 0 Å². The van der Waals surface area contributed by atoms with Gasteiger partial charge in [0.25, 0.3) is 0 Å². The number of likely N-dealkylation sites (N-methyl/N-ethyl adjacent to an activating group) is 1. The van der Waals surface area contributed by atoms with Gasteiger partial charge in [0.15, 0.2) is 0 Å². The third kappa shape index (κ3) is 2.84. The van der Waals surface area contributed by atoms with Gasteiger partial charge in [-0.15, -0.1) is 0 Å². The Labute approximate surface area is 122 Å². The van der Waals surface area contributed by atoms with Crippen LogP contribution in [0, 0.1) is 0 Å². The van der Waals surface area contributed by atoms with Crippen molar-refractivity contribution in [2.45, 2.75) is 12.5 Å². The largest absolute Gasteiger partial charge is 0.389 e. The summed E-state index contributed by atoms with van der Waals surface area (Å²) in [6.07, 6.45) is 1.18. The molecule has 1 saturated heterocycles. The van der Waals surface area contributed by atoms with Crippen molar-refractivity contribution in [3.8, 4) is 0 Å². The highest BCUT2D eigenvalue weighted by Crippen LogP contribution is 2.28. The van der Waals surface area contributed by atoms with Gasteiger partial charge >= 0.3 is 0 Å². The molecule has 98 valence electrons. The van der Waals surface area contributed by atoms with E-state index in [2.05, 4.69) is 45.9 Å². The molecule has 1 heterocycles. The standard InChI is InChI=1S/C13H18BrN3S/c1-16(2)10-5-6-17(8-10)12-4-3-9(14)7-11(12)13(15)18/h3-4,7,10H,5-6,8H2,1-2H3,(H2,15,18). The molecule has 0 saturated carbocycles. The summed E-state index contributed by atoms with van der Waals surface area (Å²) in [6.45, 7) is 2.09. The Morgan fingerprint density at radius 3 is 2.78 bits per heavy atom. The fourth-order valence-electron chi connectivity index (χ4n) is 2.36. The van der Waals surface area contributed by atoms with Gasteiger partial charge in [-0.25, -0.2) is 0 Å². The van der Waals surface area contributed by atoms with E-state index in [1.807, 2.05) is 12.1 Å². The van der Waals surface area contributed by atoms with Crippen LogP contribution in [0.5, 0.6) is 0 Å². The molecule has 0 aromatic heterocycles. The molecule has 0 spiro atoms. The minimum absolute atomic E-state index is 0.458. The van der Waals surface area contributed by atoms with Crippen molar-refractivity contribution in [3.05, 3.63) is 28.2 Å². The second kappa shape index (κ2) is 5.55. The maximum atomic E-state index is 5.82. The summed E-state index contributed by atoms with van der Waals surface area (Å²) in [6, 6.07) is 6.74. The summed E-state index contributed by atoms with van der Waals surface area (Å²) in [7, 11) is 4.26. The molecule has 1 aliphatic rings. The van der Waals surface area contributed by atoms with Crippen molar-refractivity contribution in [1.82, 2.24) is 4.90 Å². The molecule has 5 heteroatoms. The highest BCUT2D eigenvalue weighted by molar-refractivity contribution is 9.10. The lowest BCUT2D eigenvalue weighted by Gasteiger charge is -2.24. The Morgan fingerprint density at radius 1 is 1.50 bits per heavy atom. The first-order valence-corrected chi connectivity index (χ1v) is 7.20. The number of benzene rings is 1. The molecule has 1 aromatic rings. The summed E-state index contributed by atoms with van der Waals surface area (Å²) >= 11 is 8.61. The highest BCUT2D eigenvalue weighted by atomic mass is 79.9. The van der Waals surface area contributed by atoms with E-state index in [0.717, 1.165) is 28.8 Å². The van der Waals surface area contributed by atoms with Gasteiger partial charge in [0.2, 0.25) is 0 Å². The first-order valence-electron chi connectivity index (χ1n) is 6.00. The van der Waals surface area contributed by atoms with Gasteiger partial charge in [-0.3, -0.25) is 0 Å². The molecule has 0 aliphatic carbocycles. The van der Waals surface area contributed by atoms with Crippen molar-refractivity contribution < 1.29 is 0 Å². The minimum atomic E-state index is 0.458. The zero-order chi connectivity index (χ0) is 13.3. The Morgan fingerprint density at radius 2 is 2.22 bits per heavy atom. The van der Waals surface area contributed by atoms with E-state index in [-0.39, 0.29) is 0 Å². The maximum absolute atomic E-state index is 5.82. The van der Waals surface area contributed by atoms with Crippen LogP contribution in [-0.2, 0) is 0 Å². The van der Waals surface area contributed by atoms with Crippen LogP contribution < -0.4 is 10.6 Å². The normalized spacial score (nSPS) is 19.6. The molecule has 1 fully saturated rings. The number of hydrogen-bond donors (Lipinski definition) is 1. The van der Waals surface area contributed by atoms with E-state index < -0.39 is 0 Å². The summed E-state index contributed by atoms with van der Waals surface area (Å²) in [5, 5.41) is 0. The van der Waals surface area contributed by atoms with Crippen molar-refractivity contribution in [2.75, 3.05) is 32.1 Å². The number of hydrogen-bond acceptors (Lipinski definition) is 3. The topological polar surface area (TPSA) is 32.5 Å². The average Bonchev–Trinajstić information content (AvgIpc) is 2.78. The smallest absolute Gasteiger partial charge is 0.106 e. The van der Waals surface area contributed by atoms with E-state index in [1.54, 1.807) is 0 Å². The van der Waals surface area contributed by atoms with E-state index in [0.29, 0.717) is 11.0 Å². The molecule has 1 aromatic carbocycles. The molecule has 0 bridgehead atoms. The Bertz CT molecular complexity index is 462. The van der Waals surface area contributed by atoms with Crippen LogP contribution in [0.1, 0.15) is 12.0 Å². The molecule has 18 heavy (non-hydrogen) atoms. The summed E-state index contributed by atoms with van der Waals surface area (Å²) in [4.78, 5) is 5.10. The quantitative estimate of drug-likeness (QED) is 0.863. The first-order chi connectivity index (χ1) is 8.49. The zero-order valence-electron chi connectivity index (χ0n) is 10.7. The number of thiocarbonyl (C=S) groups is 1. The van der Waals surface area contributed by atoms with Gasteiger partial charge in [-0.05, 0) is 38.7 Å². The second-order valence-electron chi connectivity index (χ2n) is 4.88. The van der Waals surface area contributed by atoms with E-state index in [9.17, 15) is 0 Å². The molecule has 2 rings (SSSR count). The fourth-order valence-corrected chi connectivity index (χ4v) is 2.89. The summed E-state index contributed by atoms with van der Waals surface area (Å²) in [5.74, 6) is 0. The molecule has 3 nitrogen and oxygen atoms in total. The lowest BCUT2D eigenvalue weighted by molar-refractivity contribution is 0.315. The molecule has 0 radical (unpaired) electrons. The van der Waals surface area contributed by atoms with Gasteiger partial charge in [-0.2, -0.15) is 0 Å². The second-order valence-corrected chi connectivity index (χ2v) is 6.23. The monoisotopic (exact) mass is 327 g/mol. The average molecular weight is 328 g/mol. The van der Waals surface area contributed by atoms with Gasteiger partial charge < -0.3 is 15.5 Å². The van der Waals surface area contributed by atoms with Crippen LogP contribution in [-0.4, -0.2) is 43.1 Å². The molecule has 1 unspecified atom stereocenters. The number of halogens is 1. The lowest BCUT2D eigenvalue weighted by atomic mass is 10.1. The van der Waals surface area contributed by atoms with E-state index in [1.165, 1.54) is 6.42 Å². The van der Waals surface area contributed by atoms with Crippen LogP contribution in [0.2, 0.25) is 0 Å². The third-order valence-electron chi connectivity index (χ3n) is 3.46. The van der Waals surface area contributed by atoms with Crippen LogP contribution in [0.3, 0.4) is 0 Å². The van der Waals surface area contributed by atoms with Crippen molar-refractivity contribution in [2.24, 2.45) is 5.73 Å². The van der Waals surface area contributed by atoms with Gasteiger partial charge in [-0.1, -0.05) is 28.1 Å². The third-order valence-corrected chi connectivity index (χ3v) is 4.17. The molecule has 1 aliphatic heterocycles. The SMILES string of the molecule is CN(C)C1CCN(c2ccc(Br)cc2C(N)=S)C1. The van der Waals surface area contributed by atoms with E-state index >= 15 is 0 Å². The Balaban J connectivity index is 2.27. The Kier molecular flexibility index (Phi) is 4.25. The first kappa shape index (κ1) is 13.8. The lowest BCUT2D eigenvalue weighted by Crippen LogP contribution is -2.32. The number of nitrogens with zero attached hydrogens (tertiary/aromatic N) is 2. The van der Waals surface area contributed by atoms with E-state index in [4.69, 9.17) is 18.0 Å². The predicted molar refractivity (Wildman–Crippen MR) is 84.3 cm³/mol. The van der Waals surface area contributed by atoms with Crippen molar-refractivity contribution >= 4 is 38.8 Å². The number of anilines is 1. The molecular formula is C13H18BrN3S. The zero-order valence-corrected chi connectivity index (χ0v) is 13.1. The Hall–Kier alpha value is -0.650. The summed E-state index contributed by atoms with van der Waals surface area (Å²) in [5.41, 5.74) is 7.92. The van der Waals surface area contributed by atoms with Gasteiger partial charge in [0.1, 0.15) is 4.99 Å². The number of rotatable bonds is 3. The minimum Gasteiger partial charge on any atom is -0.389 e. The molecule has 2 N–H and O–H groups in total. The predicted octanol–water partition coefficient (Wildman–Crippen LogP) is 2.22. The highest BCUT2D eigenvalue weighted by Gasteiger charge is 2.25. The van der Waals surface area contributed by atoms with Gasteiger partial charge in [0, 0.05) is 34.9 Å². The molecular weight excluding hydrogens is 310 g/mol. The van der Waals surface area contributed by atoms with Crippen LogP contribution in [0.4, 0.5) is 5.69 Å². The molecule has 1 atom stereocenters. The van der Waals surface area contributed by atoms with Crippen LogP contribution in [0.25, 0.3) is 0 Å². The van der Waals surface area contributed by atoms with Crippen LogP contribution >= 0.6 is 28.1 Å². The van der Waals surface area contributed by atoms with Crippen LogP contribution in [0.15, 0.2) is 22.7 Å². The fraction of sp³-hybridized carbons (Fsp3) is 0.462. The summed E-state index contributed by atoms with van der Waals surface area (Å²) < 4.78 is 1.01. The molecule has 0 amide bonds. The van der Waals surface area contributed by atoms with Gasteiger partial charge in [0.05, 0.1) is 0 Å². The van der Waals surface area contributed by atoms with Crippen molar-refractivity contribution in [1.29, 1.82) is 0 Å².